The quantitative estimate of drug-likeness (QED) is 0.0968. The second-order valence-corrected chi connectivity index (χ2v) is 14.3. The summed E-state index contributed by atoms with van der Waals surface area (Å²) in [5, 5.41) is 24.1. The van der Waals surface area contributed by atoms with Gasteiger partial charge in [-0.15, -0.1) is 59.0 Å². The van der Waals surface area contributed by atoms with E-state index in [1.54, 1.807) is 12.5 Å². The Morgan fingerprint density at radius 2 is 1.11 bits per heavy atom. The zero-order valence-corrected chi connectivity index (χ0v) is 40.4. The standard InChI is InChI=1S/C25H16N.C20H13N2.2C5H8O2.2CH4.2Ir/c1-3-11-21-18(7-1)9-5-13-23(21)20-15-16-25(26-17-20)24-14-6-10-19-8-2-4-12-22(19)24;1-2-4-18-13-19(10-7-15(18)3-1)16-5-8-17(9-6-16)20-11-12-21-14-22-20;2*1-4(6)3-5(2)7;;;;/h1-13,15-17H;1-8,10-14H;2*3,6H,1-2H3;2*1H4;;/q2*-1;;;;;;. The molecule has 7 nitrogen and oxygen atoms in total. The second-order valence-electron chi connectivity index (χ2n) is 14.3. The molecular weight excluding hydrogens is 1180 g/mol. The SMILES string of the molecule is C.C.CC(=O)C=C(C)O.CC(=O)C=C(C)O.[Ir].[Ir].[c-]1cc(-c2ccc3ccccc3c2)ccc1-c1ccncn1.[c-]1ccc2ccccc2c1-c1ccc(-c2cccc3ccccc23)cn1. The molecule has 9 heteroatoms. The van der Waals surface area contributed by atoms with Gasteiger partial charge in [0.25, 0.3) is 0 Å². The van der Waals surface area contributed by atoms with Gasteiger partial charge in [0, 0.05) is 64.8 Å². The van der Waals surface area contributed by atoms with Crippen LogP contribution in [0, 0.1) is 12.1 Å². The first kappa shape index (κ1) is 55.4. The number of hydrogen-bond donors (Lipinski definition) is 2. The van der Waals surface area contributed by atoms with Gasteiger partial charge in [-0.25, -0.2) is 4.98 Å². The van der Waals surface area contributed by atoms with Crippen molar-refractivity contribution in [3.05, 3.63) is 212 Å². The maximum absolute atomic E-state index is 10.0. The molecule has 2 N–H and O–H groups in total. The molecule has 2 radical (unpaired) electrons. The van der Waals surface area contributed by atoms with Crippen LogP contribution in [-0.2, 0) is 49.8 Å². The number of aliphatic hydroxyl groups is 2. The van der Waals surface area contributed by atoms with E-state index in [0.29, 0.717) is 0 Å². The number of rotatable bonds is 6. The predicted molar refractivity (Wildman–Crippen MR) is 266 cm³/mol. The summed E-state index contributed by atoms with van der Waals surface area (Å²) >= 11 is 0. The monoisotopic (exact) mass is 1230 g/mol. The largest absolute Gasteiger partial charge is 0.512 e. The molecule has 0 unspecified atom stereocenters. The van der Waals surface area contributed by atoms with E-state index in [0.717, 1.165) is 33.6 Å². The number of nitrogens with zero attached hydrogens (tertiary/aromatic N) is 3. The number of fused-ring (bicyclic) bond motifs is 3. The van der Waals surface area contributed by atoms with Crippen LogP contribution in [0.4, 0.5) is 0 Å². The molecule has 0 fully saturated rings. The molecule has 0 aliphatic carbocycles. The maximum atomic E-state index is 10.0. The molecule has 0 saturated carbocycles. The molecular formula is C57H53Ir2N3O4-2. The number of aliphatic hydroxyl groups excluding tert-OH is 2. The fraction of sp³-hybridized carbons (Fsp3) is 0.105. The van der Waals surface area contributed by atoms with Gasteiger partial charge in [-0.1, -0.05) is 159 Å². The molecule has 9 aromatic rings. The first-order valence-corrected chi connectivity index (χ1v) is 19.9. The predicted octanol–water partition coefficient (Wildman–Crippen LogP) is 14.6. The average molecular weight is 1230 g/mol. The molecule has 7 aromatic carbocycles. The Hall–Kier alpha value is -6.73. The van der Waals surface area contributed by atoms with Crippen LogP contribution in [0.3, 0.4) is 0 Å². The molecule has 0 aliphatic rings. The van der Waals surface area contributed by atoms with Gasteiger partial charge in [0.2, 0.25) is 0 Å². The van der Waals surface area contributed by atoms with E-state index < -0.39 is 0 Å². The Morgan fingerprint density at radius 1 is 0.530 bits per heavy atom. The summed E-state index contributed by atoms with van der Waals surface area (Å²) in [6.07, 6.45) is 7.60. The third-order valence-electron chi connectivity index (χ3n) is 9.42. The zero-order chi connectivity index (χ0) is 43.8. The van der Waals surface area contributed by atoms with E-state index in [4.69, 9.17) is 15.2 Å². The van der Waals surface area contributed by atoms with Crippen molar-refractivity contribution in [2.24, 2.45) is 0 Å². The summed E-state index contributed by atoms with van der Waals surface area (Å²) in [6.45, 7) is 5.70. The Kier molecular flexibility index (Phi) is 23.1. The molecule has 0 bridgehead atoms. The van der Waals surface area contributed by atoms with Crippen LogP contribution in [0.25, 0.3) is 77.1 Å². The van der Waals surface area contributed by atoms with Gasteiger partial charge in [-0.2, -0.15) is 0 Å². The van der Waals surface area contributed by atoms with Crippen molar-refractivity contribution in [2.75, 3.05) is 0 Å². The van der Waals surface area contributed by atoms with Crippen molar-refractivity contribution < 1.29 is 60.0 Å². The van der Waals surface area contributed by atoms with Crippen LogP contribution in [0.2, 0.25) is 0 Å². The third-order valence-corrected chi connectivity index (χ3v) is 9.42. The van der Waals surface area contributed by atoms with Crippen LogP contribution in [0.5, 0.6) is 0 Å². The Morgan fingerprint density at radius 3 is 1.67 bits per heavy atom. The number of ketones is 2. The zero-order valence-electron chi connectivity index (χ0n) is 35.6. The van der Waals surface area contributed by atoms with Crippen molar-refractivity contribution in [1.82, 2.24) is 15.0 Å². The summed E-state index contributed by atoms with van der Waals surface area (Å²) < 4.78 is 0. The Bertz CT molecular complexity index is 2860. The Labute approximate surface area is 415 Å². The van der Waals surface area contributed by atoms with Crippen molar-refractivity contribution in [2.45, 2.75) is 42.5 Å². The van der Waals surface area contributed by atoms with Crippen molar-refractivity contribution in [1.29, 1.82) is 0 Å². The number of hydrogen-bond acceptors (Lipinski definition) is 7. The van der Waals surface area contributed by atoms with E-state index in [1.807, 2.05) is 30.5 Å². The first-order valence-electron chi connectivity index (χ1n) is 19.9. The minimum atomic E-state index is -0.125. The van der Waals surface area contributed by atoms with Gasteiger partial charge in [0.15, 0.2) is 11.6 Å². The van der Waals surface area contributed by atoms with E-state index >= 15 is 0 Å². The van der Waals surface area contributed by atoms with Crippen molar-refractivity contribution in [3.8, 4) is 44.8 Å². The fourth-order valence-corrected chi connectivity index (χ4v) is 6.72. The number of benzene rings is 7. The summed E-state index contributed by atoms with van der Waals surface area (Å²) in [5.74, 6) is -0.125. The smallest absolute Gasteiger partial charge is 0.155 e. The number of allylic oxidation sites excluding steroid dienone is 4. The number of pyridine rings is 1. The normalized spacial score (nSPS) is 10.4. The topological polar surface area (TPSA) is 113 Å². The van der Waals surface area contributed by atoms with Crippen LogP contribution in [-0.4, -0.2) is 36.7 Å². The van der Waals surface area contributed by atoms with Gasteiger partial charge < -0.3 is 15.2 Å². The summed E-state index contributed by atoms with van der Waals surface area (Å²) in [5.41, 5.74) is 8.56. The van der Waals surface area contributed by atoms with E-state index in [2.05, 4.69) is 156 Å². The van der Waals surface area contributed by atoms with Gasteiger partial charge in [-0.3, -0.25) is 14.6 Å². The molecule has 2 aromatic heterocycles. The minimum absolute atomic E-state index is 0. The van der Waals surface area contributed by atoms with Crippen LogP contribution < -0.4 is 0 Å². The van der Waals surface area contributed by atoms with E-state index in [1.165, 1.54) is 83.3 Å². The van der Waals surface area contributed by atoms with Gasteiger partial charge in [0.1, 0.15) is 6.33 Å². The molecule has 0 saturated heterocycles. The maximum Gasteiger partial charge on any atom is 0.155 e. The summed E-state index contributed by atoms with van der Waals surface area (Å²) in [7, 11) is 0. The molecule has 2 heterocycles. The van der Waals surface area contributed by atoms with Crippen molar-refractivity contribution in [3.63, 3.8) is 0 Å². The van der Waals surface area contributed by atoms with E-state index in [-0.39, 0.29) is 78.1 Å². The molecule has 0 amide bonds. The van der Waals surface area contributed by atoms with E-state index in [9.17, 15) is 9.59 Å². The average Bonchev–Trinajstić information content (AvgIpc) is 3.29. The van der Waals surface area contributed by atoms with Gasteiger partial charge in [0.05, 0.1) is 11.5 Å². The number of carbonyl (C=O) groups is 2. The summed E-state index contributed by atoms with van der Waals surface area (Å²) in [6, 6.07) is 61.2. The van der Waals surface area contributed by atoms with Crippen LogP contribution in [0.1, 0.15) is 42.5 Å². The van der Waals surface area contributed by atoms with Gasteiger partial charge >= 0.3 is 0 Å². The van der Waals surface area contributed by atoms with Gasteiger partial charge in [-0.05, 0) is 71.8 Å². The molecule has 0 atom stereocenters. The number of aromatic nitrogens is 3. The number of carbonyl (C=O) groups excluding carboxylic acids is 2. The summed E-state index contributed by atoms with van der Waals surface area (Å²) in [4.78, 5) is 33.0. The molecule has 0 spiro atoms. The molecule has 340 valence electrons. The minimum Gasteiger partial charge on any atom is -0.512 e. The molecule has 66 heavy (non-hydrogen) atoms. The molecule has 9 rings (SSSR count). The van der Waals surface area contributed by atoms with Crippen molar-refractivity contribution >= 4 is 43.9 Å². The van der Waals surface area contributed by atoms with Crippen LogP contribution >= 0.6 is 0 Å². The first-order chi connectivity index (χ1) is 30.0. The van der Waals surface area contributed by atoms with Crippen LogP contribution in [0.15, 0.2) is 200 Å². The second kappa shape index (κ2) is 27.6. The fourth-order valence-electron chi connectivity index (χ4n) is 6.72. The Balaban J connectivity index is 0.000000340. The molecule has 0 aliphatic heterocycles. The third kappa shape index (κ3) is 15.8.